The van der Waals surface area contributed by atoms with E-state index in [-0.39, 0.29) is 16.9 Å². The summed E-state index contributed by atoms with van der Waals surface area (Å²) in [6.07, 6.45) is 1.85. The van der Waals surface area contributed by atoms with E-state index < -0.39 is 0 Å². The van der Waals surface area contributed by atoms with E-state index in [2.05, 4.69) is 46.3 Å². The molecule has 1 aliphatic heterocycles. The largest absolute Gasteiger partial charge is 0.377 e. The average molecular weight is 389 g/mol. The third kappa shape index (κ3) is 4.19. The number of piperazine rings is 1. The summed E-state index contributed by atoms with van der Waals surface area (Å²) in [7, 11) is 0. The minimum atomic E-state index is -0.378. The third-order valence-corrected chi connectivity index (χ3v) is 5.70. The van der Waals surface area contributed by atoms with Crippen molar-refractivity contribution in [1.82, 2.24) is 0 Å². The molecule has 0 bridgehead atoms. The molecular weight excluding hydrogens is 362 g/mol. The molecule has 29 heavy (non-hydrogen) atoms. The van der Waals surface area contributed by atoms with Gasteiger partial charge >= 0.3 is 0 Å². The topological polar surface area (TPSA) is 52.6 Å². The van der Waals surface area contributed by atoms with Gasteiger partial charge in [0.15, 0.2) is 0 Å². The fraction of sp³-hybridized carbons (Fsp3) is 0.333. The molecule has 5 heteroatoms. The van der Waals surface area contributed by atoms with Gasteiger partial charge in [0.2, 0.25) is 0 Å². The van der Waals surface area contributed by atoms with Crippen LogP contribution in [0.15, 0.2) is 70.3 Å². The van der Waals surface area contributed by atoms with Crippen molar-refractivity contribution >= 4 is 17.1 Å². The zero-order valence-corrected chi connectivity index (χ0v) is 16.8. The van der Waals surface area contributed by atoms with E-state index in [1.54, 1.807) is 0 Å². The lowest BCUT2D eigenvalue weighted by molar-refractivity contribution is 0.648. The van der Waals surface area contributed by atoms with Gasteiger partial charge in [-0.15, -0.1) is 0 Å². The van der Waals surface area contributed by atoms with E-state index in [1.165, 1.54) is 11.3 Å². The Morgan fingerprint density at radius 2 is 1.41 bits per heavy atom. The Labute approximate surface area is 171 Å². The van der Waals surface area contributed by atoms with Crippen molar-refractivity contribution in [3.05, 3.63) is 86.7 Å². The van der Waals surface area contributed by atoms with Gasteiger partial charge < -0.3 is 15.1 Å². The van der Waals surface area contributed by atoms with Crippen molar-refractivity contribution in [2.75, 3.05) is 41.3 Å². The number of hydrogen-bond acceptors (Lipinski definition) is 5. The standard InChI is InChI=1S/C24H27N3O2/c1-18(12-13-19-8-4-2-5-9-19)25-21-22(24(29)23(21)28)27-16-14-26(15-17-27)20-10-6-3-7-11-20/h2-11,18,25H,12-17H2,1H3/t18-/m1/s1. The Hall–Kier alpha value is -3.08. The van der Waals surface area contributed by atoms with Gasteiger partial charge in [0, 0.05) is 37.9 Å². The Kier molecular flexibility index (Phi) is 5.65. The number of benzene rings is 2. The van der Waals surface area contributed by atoms with Gasteiger partial charge in [0.25, 0.3) is 10.9 Å². The number of nitrogens with zero attached hydrogens (tertiary/aromatic N) is 2. The molecule has 0 spiro atoms. The van der Waals surface area contributed by atoms with Gasteiger partial charge in [-0.2, -0.15) is 0 Å². The van der Waals surface area contributed by atoms with Crippen LogP contribution in [0.2, 0.25) is 0 Å². The first kappa shape index (κ1) is 19.2. The van der Waals surface area contributed by atoms with Crippen LogP contribution >= 0.6 is 0 Å². The second-order valence-electron chi connectivity index (χ2n) is 7.76. The second-order valence-corrected chi connectivity index (χ2v) is 7.76. The van der Waals surface area contributed by atoms with Gasteiger partial charge in [0.05, 0.1) is 0 Å². The normalized spacial score (nSPS) is 15.5. The predicted octanol–water partition coefficient (Wildman–Crippen LogP) is 3.04. The smallest absolute Gasteiger partial charge is 0.253 e. The monoisotopic (exact) mass is 389 g/mol. The highest BCUT2D eigenvalue weighted by Gasteiger charge is 2.29. The maximum atomic E-state index is 12.3. The van der Waals surface area contributed by atoms with Crippen molar-refractivity contribution < 1.29 is 0 Å². The summed E-state index contributed by atoms with van der Waals surface area (Å²) in [5.41, 5.74) is 2.83. The molecule has 1 aliphatic rings. The van der Waals surface area contributed by atoms with E-state index in [0.29, 0.717) is 11.4 Å². The molecule has 1 N–H and O–H groups in total. The first-order chi connectivity index (χ1) is 14.1. The van der Waals surface area contributed by atoms with E-state index in [0.717, 1.165) is 39.0 Å². The fourth-order valence-corrected chi connectivity index (χ4v) is 3.99. The molecule has 5 nitrogen and oxygen atoms in total. The Morgan fingerprint density at radius 1 is 0.828 bits per heavy atom. The molecular formula is C24H27N3O2. The molecule has 0 unspecified atom stereocenters. The first-order valence-electron chi connectivity index (χ1n) is 10.3. The van der Waals surface area contributed by atoms with Crippen molar-refractivity contribution in [1.29, 1.82) is 0 Å². The van der Waals surface area contributed by atoms with Crippen molar-refractivity contribution in [3.63, 3.8) is 0 Å². The highest BCUT2D eigenvalue weighted by Crippen LogP contribution is 2.24. The van der Waals surface area contributed by atoms with Gasteiger partial charge in [-0.25, -0.2) is 0 Å². The van der Waals surface area contributed by atoms with E-state index in [9.17, 15) is 9.59 Å². The van der Waals surface area contributed by atoms with Crippen molar-refractivity contribution in [2.24, 2.45) is 0 Å². The van der Waals surface area contributed by atoms with Crippen LogP contribution in [0, 0.1) is 0 Å². The third-order valence-electron chi connectivity index (χ3n) is 5.70. The average Bonchev–Trinajstić information content (AvgIpc) is 2.79. The Balaban J connectivity index is 1.37. The van der Waals surface area contributed by atoms with Crippen LogP contribution in [0.3, 0.4) is 0 Å². The number of rotatable bonds is 7. The maximum absolute atomic E-state index is 12.3. The number of nitrogens with one attached hydrogen (secondary N) is 1. The summed E-state index contributed by atoms with van der Waals surface area (Å²) in [5.74, 6) is 0. The SMILES string of the molecule is C[C@H](CCc1ccccc1)Nc1c(N2CCN(c3ccccc3)CC2)c(=O)c1=O. The molecule has 150 valence electrons. The molecule has 0 aromatic heterocycles. The highest BCUT2D eigenvalue weighted by atomic mass is 16.2. The number of aryl methyl sites for hydroxylation is 1. The number of para-hydroxylation sites is 1. The molecule has 0 saturated carbocycles. The zero-order chi connectivity index (χ0) is 20.2. The van der Waals surface area contributed by atoms with Crippen LogP contribution in [-0.2, 0) is 6.42 Å². The minimum Gasteiger partial charge on any atom is -0.377 e. The molecule has 0 radical (unpaired) electrons. The summed E-state index contributed by atoms with van der Waals surface area (Å²) in [5, 5.41) is 3.31. The van der Waals surface area contributed by atoms with Crippen LogP contribution in [0.4, 0.5) is 17.1 Å². The summed E-state index contributed by atoms with van der Waals surface area (Å²) in [6, 6.07) is 20.7. The quantitative estimate of drug-likeness (QED) is 0.630. The van der Waals surface area contributed by atoms with Crippen LogP contribution < -0.4 is 26.0 Å². The maximum Gasteiger partial charge on any atom is 0.253 e. The number of hydrogen-bond donors (Lipinski definition) is 1. The predicted molar refractivity (Wildman–Crippen MR) is 120 cm³/mol. The molecule has 1 atom stereocenters. The molecule has 1 heterocycles. The highest BCUT2D eigenvalue weighted by molar-refractivity contribution is 5.76. The van der Waals surface area contributed by atoms with Gasteiger partial charge in [-0.3, -0.25) is 9.59 Å². The zero-order valence-electron chi connectivity index (χ0n) is 16.8. The van der Waals surface area contributed by atoms with Crippen LogP contribution in [0.5, 0.6) is 0 Å². The second kappa shape index (κ2) is 8.52. The molecule has 0 aliphatic carbocycles. The minimum absolute atomic E-state index is 0.128. The summed E-state index contributed by atoms with van der Waals surface area (Å²) >= 11 is 0. The van der Waals surface area contributed by atoms with Gasteiger partial charge in [-0.1, -0.05) is 48.5 Å². The lowest BCUT2D eigenvalue weighted by Gasteiger charge is -2.38. The van der Waals surface area contributed by atoms with Crippen molar-refractivity contribution in [3.8, 4) is 0 Å². The van der Waals surface area contributed by atoms with E-state index >= 15 is 0 Å². The molecule has 3 aromatic carbocycles. The van der Waals surface area contributed by atoms with E-state index in [4.69, 9.17) is 0 Å². The Morgan fingerprint density at radius 3 is 2.07 bits per heavy atom. The van der Waals surface area contributed by atoms with E-state index in [1.807, 2.05) is 36.4 Å². The molecule has 1 fully saturated rings. The number of anilines is 3. The Bertz CT molecular complexity index is 1000. The molecule has 3 aromatic rings. The molecule has 0 amide bonds. The molecule has 1 saturated heterocycles. The van der Waals surface area contributed by atoms with Crippen LogP contribution in [0.1, 0.15) is 18.9 Å². The lowest BCUT2D eigenvalue weighted by Crippen LogP contribution is -2.52. The summed E-state index contributed by atoms with van der Waals surface area (Å²) < 4.78 is 0. The summed E-state index contributed by atoms with van der Waals surface area (Å²) in [6.45, 7) is 5.23. The lowest BCUT2D eigenvalue weighted by atomic mass is 10.0. The molecule has 4 rings (SSSR count). The first-order valence-corrected chi connectivity index (χ1v) is 10.3. The van der Waals surface area contributed by atoms with Gasteiger partial charge in [-0.05, 0) is 37.5 Å². The summed E-state index contributed by atoms with van der Waals surface area (Å²) in [4.78, 5) is 28.9. The van der Waals surface area contributed by atoms with Gasteiger partial charge in [0.1, 0.15) is 11.4 Å². The van der Waals surface area contributed by atoms with Crippen molar-refractivity contribution in [2.45, 2.75) is 25.8 Å². The van der Waals surface area contributed by atoms with Crippen LogP contribution in [-0.4, -0.2) is 32.2 Å². The van der Waals surface area contributed by atoms with Crippen LogP contribution in [0.25, 0.3) is 0 Å². The fourth-order valence-electron chi connectivity index (χ4n) is 3.99.